The summed E-state index contributed by atoms with van der Waals surface area (Å²) in [5.41, 5.74) is 0.962. The quantitative estimate of drug-likeness (QED) is 0.403. The predicted molar refractivity (Wildman–Crippen MR) is 94.2 cm³/mol. The molecule has 0 aliphatic carbocycles. The van der Waals surface area contributed by atoms with Gasteiger partial charge in [0, 0.05) is 37.0 Å². The Bertz CT molecular complexity index is 622. The van der Waals surface area contributed by atoms with E-state index in [1.165, 1.54) is 13.2 Å². The van der Waals surface area contributed by atoms with Crippen molar-refractivity contribution in [2.45, 2.75) is 63.8 Å². The van der Waals surface area contributed by atoms with Gasteiger partial charge in [-0.25, -0.2) is 9.59 Å². The lowest BCUT2D eigenvalue weighted by Gasteiger charge is -2.36. The second-order valence-electron chi connectivity index (χ2n) is 7.17. The van der Waals surface area contributed by atoms with Crippen LogP contribution in [0.5, 0.6) is 0 Å². The van der Waals surface area contributed by atoms with Crippen LogP contribution >= 0.6 is 0 Å². The monoisotopic (exact) mass is 365 g/mol. The third-order valence-electron chi connectivity index (χ3n) is 4.88. The van der Waals surface area contributed by atoms with E-state index in [0.717, 1.165) is 12.0 Å². The Morgan fingerprint density at radius 1 is 1.15 bits per heavy atom. The minimum absolute atomic E-state index is 0.0184. The van der Waals surface area contributed by atoms with E-state index in [4.69, 9.17) is 9.47 Å². The molecular formula is C19H27NO6. The lowest BCUT2D eigenvalue weighted by Crippen LogP contribution is -2.46. The fourth-order valence-electron chi connectivity index (χ4n) is 3.63. The zero-order chi connectivity index (χ0) is 19.4. The summed E-state index contributed by atoms with van der Waals surface area (Å²) in [5, 5.41) is 0. The molecule has 0 amide bonds. The van der Waals surface area contributed by atoms with Gasteiger partial charge in [-0.3, -0.25) is 9.69 Å². The number of ether oxygens (including phenoxy) is 3. The summed E-state index contributed by atoms with van der Waals surface area (Å²) in [5.74, 6) is -1.44. The van der Waals surface area contributed by atoms with Crippen molar-refractivity contribution in [3.8, 4) is 0 Å². The fourth-order valence-corrected chi connectivity index (χ4v) is 3.63. The van der Waals surface area contributed by atoms with Crippen molar-refractivity contribution in [3.05, 3.63) is 23.8 Å². The van der Waals surface area contributed by atoms with Crippen LogP contribution in [0, 0.1) is 0 Å². The molecule has 0 aromatic carbocycles. The van der Waals surface area contributed by atoms with Gasteiger partial charge < -0.3 is 14.2 Å². The standard InChI is InChI=1S/C19H27NO6/c1-11(2)6-17(21)26-16-9-13-8-14(10-15(16)20(13)4)25-18(22)7-12(3)19(23)24-5/h6,13-16H,3,7-10H2,1-2,4-5H3/t13?,14-,15?,16-/m1/s1. The van der Waals surface area contributed by atoms with E-state index < -0.39 is 11.9 Å². The van der Waals surface area contributed by atoms with E-state index in [9.17, 15) is 14.4 Å². The summed E-state index contributed by atoms with van der Waals surface area (Å²) in [6, 6.07) is 0.213. The van der Waals surface area contributed by atoms with Gasteiger partial charge in [-0.1, -0.05) is 12.2 Å². The van der Waals surface area contributed by atoms with Crippen molar-refractivity contribution in [1.29, 1.82) is 0 Å². The molecule has 2 unspecified atom stereocenters. The third kappa shape index (κ3) is 4.94. The minimum atomic E-state index is -0.614. The van der Waals surface area contributed by atoms with Crippen LogP contribution in [0.2, 0.25) is 0 Å². The average molecular weight is 365 g/mol. The van der Waals surface area contributed by atoms with Crippen LogP contribution in [0.4, 0.5) is 0 Å². The van der Waals surface area contributed by atoms with Crippen molar-refractivity contribution in [3.63, 3.8) is 0 Å². The summed E-state index contributed by atoms with van der Waals surface area (Å²) in [6.45, 7) is 7.23. The Morgan fingerprint density at radius 2 is 1.85 bits per heavy atom. The second-order valence-corrected chi connectivity index (χ2v) is 7.17. The molecule has 7 nitrogen and oxygen atoms in total. The first-order valence-corrected chi connectivity index (χ1v) is 8.74. The largest absolute Gasteiger partial charge is 0.466 e. The smallest absolute Gasteiger partial charge is 0.333 e. The van der Waals surface area contributed by atoms with Crippen molar-refractivity contribution >= 4 is 17.9 Å². The molecule has 2 bridgehead atoms. The Balaban J connectivity index is 1.91. The van der Waals surface area contributed by atoms with E-state index in [0.29, 0.717) is 12.8 Å². The van der Waals surface area contributed by atoms with Gasteiger partial charge in [-0.2, -0.15) is 0 Å². The molecule has 4 atom stereocenters. The van der Waals surface area contributed by atoms with Gasteiger partial charge in [0.2, 0.25) is 0 Å². The molecule has 2 aliphatic heterocycles. The highest BCUT2D eigenvalue weighted by atomic mass is 16.6. The van der Waals surface area contributed by atoms with Gasteiger partial charge in [0.25, 0.3) is 0 Å². The Labute approximate surface area is 154 Å². The molecule has 0 saturated carbocycles. The minimum Gasteiger partial charge on any atom is -0.466 e. The number of likely N-dealkylation sites (N-methyl/N-ethyl adjacent to an activating group) is 1. The molecule has 2 aliphatic rings. The number of nitrogens with zero attached hydrogens (tertiary/aromatic N) is 1. The number of piperidine rings is 1. The first-order valence-electron chi connectivity index (χ1n) is 8.74. The van der Waals surface area contributed by atoms with E-state index in [2.05, 4.69) is 16.2 Å². The first kappa shape index (κ1) is 20.2. The summed E-state index contributed by atoms with van der Waals surface area (Å²) < 4.78 is 15.6. The van der Waals surface area contributed by atoms with E-state index in [-0.39, 0.29) is 42.3 Å². The van der Waals surface area contributed by atoms with E-state index in [1.807, 2.05) is 20.9 Å². The lowest BCUT2D eigenvalue weighted by atomic mass is 10.00. The van der Waals surface area contributed by atoms with Crippen LogP contribution in [-0.2, 0) is 28.6 Å². The second kappa shape index (κ2) is 8.49. The highest BCUT2D eigenvalue weighted by Gasteiger charge is 2.47. The average Bonchev–Trinajstić information content (AvgIpc) is 2.71. The SMILES string of the molecule is C=C(CC(=O)O[C@@H]1CC2C[C@@H](OC(=O)C=C(C)C)C(C1)N2C)C(=O)OC. The molecule has 2 saturated heterocycles. The van der Waals surface area contributed by atoms with E-state index >= 15 is 0 Å². The summed E-state index contributed by atoms with van der Waals surface area (Å²) in [6.07, 6.45) is 2.84. The van der Waals surface area contributed by atoms with Crippen LogP contribution in [0.3, 0.4) is 0 Å². The van der Waals surface area contributed by atoms with Crippen molar-refractivity contribution in [2.24, 2.45) is 0 Å². The molecule has 144 valence electrons. The molecule has 0 spiro atoms. The van der Waals surface area contributed by atoms with Crippen molar-refractivity contribution in [2.75, 3.05) is 14.2 Å². The zero-order valence-corrected chi connectivity index (χ0v) is 15.8. The molecule has 0 aromatic rings. The van der Waals surface area contributed by atoms with Crippen LogP contribution in [-0.4, -0.2) is 61.3 Å². The van der Waals surface area contributed by atoms with Crippen molar-refractivity contribution in [1.82, 2.24) is 4.90 Å². The molecule has 0 radical (unpaired) electrons. The maximum Gasteiger partial charge on any atom is 0.333 e. The maximum atomic E-state index is 12.0. The van der Waals surface area contributed by atoms with Gasteiger partial charge in [0.15, 0.2) is 0 Å². The highest BCUT2D eigenvalue weighted by molar-refractivity contribution is 5.93. The summed E-state index contributed by atoms with van der Waals surface area (Å²) in [7, 11) is 3.24. The predicted octanol–water partition coefficient (Wildman–Crippen LogP) is 1.76. The number of allylic oxidation sites excluding steroid dienone is 1. The number of carbonyl (C=O) groups excluding carboxylic acids is 3. The Kier molecular flexibility index (Phi) is 6.58. The third-order valence-corrected chi connectivity index (χ3v) is 4.88. The molecular weight excluding hydrogens is 338 g/mol. The van der Waals surface area contributed by atoms with Crippen LogP contribution in [0.1, 0.15) is 39.5 Å². The van der Waals surface area contributed by atoms with Crippen LogP contribution < -0.4 is 0 Å². The number of carbonyl (C=O) groups is 3. The Morgan fingerprint density at radius 3 is 2.46 bits per heavy atom. The molecule has 7 heteroatoms. The topological polar surface area (TPSA) is 82.1 Å². The number of fused-ring (bicyclic) bond motifs is 2. The molecule has 2 heterocycles. The molecule has 2 fully saturated rings. The zero-order valence-electron chi connectivity index (χ0n) is 15.8. The van der Waals surface area contributed by atoms with Gasteiger partial charge in [-0.05, 0) is 20.9 Å². The number of esters is 3. The number of hydrogen-bond acceptors (Lipinski definition) is 7. The fraction of sp³-hybridized carbons (Fsp3) is 0.632. The molecule has 0 N–H and O–H groups in total. The number of methoxy groups -OCH3 is 1. The van der Waals surface area contributed by atoms with Gasteiger partial charge >= 0.3 is 17.9 Å². The van der Waals surface area contributed by atoms with Gasteiger partial charge in [-0.15, -0.1) is 0 Å². The number of hydrogen-bond donors (Lipinski definition) is 0. The highest BCUT2D eigenvalue weighted by Crippen LogP contribution is 2.37. The van der Waals surface area contributed by atoms with Crippen molar-refractivity contribution < 1.29 is 28.6 Å². The van der Waals surface area contributed by atoms with Crippen LogP contribution in [0.25, 0.3) is 0 Å². The number of rotatable bonds is 6. The lowest BCUT2D eigenvalue weighted by molar-refractivity contribution is -0.154. The molecule has 26 heavy (non-hydrogen) atoms. The Hall–Kier alpha value is -2.15. The summed E-state index contributed by atoms with van der Waals surface area (Å²) >= 11 is 0. The maximum absolute atomic E-state index is 12.0. The summed E-state index contributed by atoms with van der Waals surface area (Å²) in [4.78, 5) is 37.5. The van der Waals surface area contributed by atoms with E-state index in [1.54, 1.807) is 0 Å². The normalized spacial score (nSPS) is 27.4. The molecule has 2 rings (SSSR count). The van der Waals surface area contributed by atoms with Crippen LogP contribution in [0.15, 0.2) is 23.8 Å². The van der Waals surface area contributed by atoms with Gasteiger partial charge in [0.05, 0.1) is 19.6 Å². The molecule has 0 aromatic heterocycles. The van der Waals surface area contributed by atoms with Gasteiger partial charge in [0.1, 0.15) is 12.2 Å². The first-order chi connectivity index (χ1) is 12.2.